The van der Waals surface area contributed by atoms with Crippen molar-refractivity contribution >= 4 is 15.8 Å². The standard InChI is InChI=1S/C19H24N6O4S/c1-13-14(2)25(12-23-13)19-10-18(21-11-22-19)20-7-8-24-30(26,27)15-5-6-16(28-3)17(9-15)29-4/h5-6,9-12,24H,7-8H2,1-4H3,(H,20,21,22). The van der Waals surface area contributed by atoms with Crippen LogP contribution >= 0.6 is 0 Å². The molecule has 11 heteroatoms. The van der Waals surface area contributed by atoms with Crippen LogP contribution in [0.15, 0.2) is 41.8 Å². The third kappa shape index (κ3) is 4.69. The number of nitrogens with zero attached hydrogens (tertiary/aromatic N) is 4. The van der Waals surface area contributed by atoms with Crippen LogP contribution in [0.1, 0.15) is 11.4 Å². The quantitative estimate of drug-likeness (QED) is 0.490. The molecule has 0 aliphatic heterocycles. The number of sulfonamides is 1. The summed E-state index contributed by atoms with van der Waals surface area (Å²) >= 11 is 0. The van der Waals surface area contributed by atoms with Crippen molar-refractivity contribution in [3.63, 3.8) is 0 Å². The molecule has 0 aliphatic carbocycles. The molecule has 10 nitrogen and oxygen atoms in total. The van der Waals surface area contributed by atoms with E-state index in [4.69, 9.17) is 9.47 Å². The highest BCUT2D eigenvalue weighted by atomic mass is 32.2. The maximum atomic E-state index is 12.5. The SMILES string of the molecule is COc1ccc(S(=O)(=O)NCCNc2cc(-n3cnc(C)c3C)ncn2)cc1OC. The summed E-state index contributed by atoms with van der Waals surface area (Å²) in [6, 6.07) is 6.20. The van der Waals surface area contributed by atoms with Gasteiger partial charge in [0.05, 0.1) is 24.8 Å². The molecule has 3 rings (SSSR count). The average molecular weight is 433 g/mol. The van der Waals surface area contributed by atoms with Crippen LogP contribution < -0.4 is 19.5 Å². The topological polar surface area (TPSA) is 120 Å². The average Bonchev–Trinajstić information content (AvgIpc) is 3.09. The normalized spacial score (nSPS) is 11.3. The molecule has 1 aromatic carbocycles. The first-order valence-electron chi connectivity index (χ1n) is 9.14. The van der Waals surface area contributed by atoms with Gasteiger partial charge >= 0.3 is 0 Å². The largest absolute Gasteiger partial charge is 0.493 e. The highest BCUT2D eigenvalue weighted by Crippen LogP contribution is 2.29. The fourth-order valence-electron chi connectivity index (χ4n) is 2.75. The Morgan fingerprint density at radius 1 is 1.00 bits per heavy atom. The number of nitrogens with one attached hydrogen (secondary N) is 2. The van der Waals surface area contributed by atoms with Crippen molar-refractivity contribution in [1.82, 2.24) is 24.2 Å². The monoisotopic (exact) mass is 432 g/mol. The summed E-state index contributed by atoms with van der Waals surface area (Å²) in [5, 5.41) is 3.09. The van der Waals surface area contributed by atoms with E-state index in [9.17, 15) is 8.42 Å². The molecule has 160 valence electrons. The second kappa shape index (κ2) is 9.09. The number of aromatic nitrogens is 4. The highest BCUT2D eigenvalue weighted by Gasteiger charge is 2.16. The fourth-order valence-corrected chi connectivity index (χ4v) is 3.79. The molecule has 0 atom stereocenters. The van der Waals surface area contributed by atoms with Crippen molar-refractivity contribution < 1.29 is 17.9 Å². The molecule has 2 heterocycles. The Labute approximate surface area is 175 Å². The van der Waals surface area contributed by atoms with Gasteiger partial charge in [0.15, 0.2) is 11.5 Å². The number of aryl methyl sites for hydroxylation is 1. The summed E-state index contributed by atoms with van der Waals surface area (Å²) in [5.74, 6) is 2.06. The van der Waals surface area contributed by atoms with Gasteiger partial charge in [-0.15, -0.1) is 0 Å². The van der Waals surface area contributed by atoms with Crippen molar-refractivity contribution in [3.05, 3.63) is 48.3 Å². The van der Waals surface area contributed by atoms with Crippen LogP contribution in [0.3, 0.4) is 0 Å². The van der Waals surface area contributed by atoms with Crippen LogP contribution in [0.2, 0.25) is 0 Å². The van der Waals surface area contributed by atoms with Gasteiger partial charge in [-0.05, 0) is 26.0 Å². The predicted octanol–water partition coefficient (Wildman–Crippen LogP) is 1.69. The summed E-state index contributed by atoms with van der Waals surface area (Å²) in [7, 11) is -0.755. The Morgan fingerprint density at radius 3 is 2.43 bits per heavy atom. The Morgan fingerprint density at radius 2 is 1.77 bits per heavy atom. The van der Waals surface area contributed by atoms with Gasteiger partial charge in [-0.2, -0.15) is 0 Å². The minimum absolute atomic E-state index is 0.0930. The van der Waals surface area contributed by atoms with Gasteiger partial charge in [-0.3, -0.25) is 4.57 Å². The van der Waals surface area contributed by atoms with Crippen LogP contribution in [0.5, 0.6) is 11.5 Å². The van der Waals surface area contributed by atoms with E-state index in [1.54, 1.807) is 18.5 Å². The Bertz CT molecular complexity index is 1130. The lowest BCUT2D eigenvalue weighted by molar-refractivity contribution is 0.354. The molecule has 2 aromatic heterocycles. The van der Waals surface area contributed by atoms with Crippen molar-refractivity contribution in [2.24, 2.45) is 0 Å². The van der Waals surface area contributed by atoms with E-state index >= 15 is 0 Å². The maximum Gasteiger partial charge on any atom is 0.240 e. The van der Waals surface area contributed by atoms with Crippen LogP contribution in [0.4, 0.5) is 5.82 Å². The summed E-state index contributed by atoms with van der Waals surface area (Å²) in [6.07, 6.45) is 3.15. The molecule has 2 N–H and O–H groups in total. The van der Waals surface area contributed by atoms with E-state index < -0.39 is 10.0 Å². The number of methoxy groups -OCH3 is 2. The summed E-state index contributed by atoms with van der Waals surface area (Å²) in [5.41, 5.74) is 1.91. The molecule has 0 saturated carbocycles. The Kier molecular flexibility index (Phi) is 6.53. The number of hydrogen-bond donors (Lipinski definition) is 2. The minimum atomic E-state index is -3.70. The van der Waals surface area contributed by atoms with Gasteiger partial charge < -0.3 is 14.8 Å². The predicted molar refractivity (Wildman–Crippen MR) is 112 cm³/mol. The molecule has 0 spiro atoms. The number of benzene rings is 1. The Balaban J connectivity index is 1.61. The summed E-state index contributed by atoms with van der Waals surface area (Å²) < 4.78 is 39.7. The molecule has 30 heavy (non-hydrogen) atoms. The molecule has 0 saturated heterocycles. The van der Waals surface area contributed by atoms with Gasteiger partial charge in [-0.1, -0.05) is 0 Å². The van der Waals surface area contributed by atoms with Gasteiger partial charge in [-0.25, -0.2) is 28.1 Å². The lowest BCUT2D eigenvalue weighted by Crippen LogP contribution is -2.29. The first-order valence-corrected chi connectivity index (χ1v) is 10.6. The van der Waals surface area contributed by atoms with Crippen LogP contribution in [-0.4, -0.2) is 55.2 Å². The number of hydrogen-bond acceptors (Lipinski definition) is 8. The van der Waals surface area contributed by atoms with E-state index in [-0.39, 0.29) is 11.4 Å². The minimum Gasteiger partial charge on any atom is -0.493 e. The van der Waals surface area contributed by atoms with E-state index in [0.29, 0.717) is 29.7 Å². The lowest BCUT2D eigenvalue weighted by Gasteiger charge is -2.12. The summed E-state index contributed by atoms with van der Waals surface area (Å²) in [6.45, 7) is 4.39. The number of rotatable bonds is 9. The van der Waals surface area contributed by atoms with E-state index in [2.05, 4.69) is 25.0 Å². The van der Waals surface area contributed by atoms with Crippen molar-refractivity contribution in [3.8, 4) is 17.3 Å². The van der Waals surface area contributed by atoms with Crippen molar-refractivity contribution in [2.75, 3.05) is 32.6 Å². The molecular formula is C19H24N6O4S. The molecule has 0 bridgehead atoms. The highest BCUT2D eigenvalue weighted by molar-refractivity contribution is 7.89. The molecular weight excluding hydrogens is 408 g/mol. The smallest absolute Gasteiger partial charge is 0.240 e. The summed E-state index contributed by atoms with van der Waals surface area (Å²) in [4.78, 5) is 12.8. The maximum absolute atomic E-state index is 12.5. The second-order valence-corrected chi connectivity index (χ2v) is 8.16. The Hall–Kier alpha value is -3.18. The molecule has 0 amide bonds. The fraction of sp³-hybridized carbons (Fsp3) is 0.316. The van der Waals surface area contributed by atoms with Crippen molar-refractivity contribution in [2.45, 2.75) is 18.7 Å². The second-order valence-electron chi connectivity index (χ2n) is 6.39. The third-order valence-corrected chi connectivity index (χ3v) is 6.00. The van der Waals surface area contributed by atoms with E-state index in [1.807, 2.05) is 18.4 Å². The zero-order chi connectivity index (χ0) is 21.7. The van der Waals surface area contributed by atoms with Crippen LogP contribution in [-0.2, 0) is 10.0 Å². The van der Waals surface area contributed by atoms with Gasteiger partial charge in [0, 0.05) is 30.9 Å². The first kappa shape index (κ1) is 21.5. The molecule has 0 unspecified atom stereocenters. The van der Waals surface area contributed by atoms with Gasteiger partial charge in [0.1, 0.15) is 24.3 Å². The molecule has 0 aliphatic rings. The van der Waals surface area contributed by atoms with Crippen LogP contribution in [0.25, 0.3) is 5.82 Å². The molecule has 0 radical (unpaired) electrons. The number of imidazole rings is 1. The zero-order valence-corrected chi connectivity index (χ0v) is 18.0. The molecule has 0 fully saturated rings. The van der Waals surface area contributed by atoms with Gasteiger partial charge in [0.2, 0.25) is 10.0 Å². The van der Waals surface area contributed by atoms with E-state index in [1.165, 1.54) is 32.7 Å². The third-order valence-electron chi connectivity index (χ3n) is 4.54. The lowest BCUT2D eigenvalue weighted by atomic mass is 10.3. The molecule has 3 aromatic rings. The number of anilines is 1. The van der Waals surface area contributed by atoms with Gasteiger partial charge in [0.25, 0.3) is 0 Å². The first-order chi connectivity index (χ1) is 14.4. The zero-order valence-electron chi connectivity index (χ0n) is 17.2. The van der Waals surface area contributed by atoms with Crippen LogP contribution in [0, 0.1) is 13.8 Å². The van der Waals surface area contributed by atoms with Crippen molar-refractivity contribution in [1.29, 1.82) is 0 Å². The van der Waals surface area contributed by atoms with E-state index in [0.717, 1.165) is 11.4 Å². The number of ether oxygens (including phenoxy) is 2.